The summed E-state index contributed by atoms with van der Waals surface area (Å²) in [4.78, 5) is 24.2. The standard InChI is InChI=1S/C28H32N2O4/c1-27(2,3)25(31)29-19-7-11-21(12-8-19)33-23-15-17-24(18-16-23)34-22-13-9-20(10-14-22)30-26(32)28(4,5)6/h7-18H,1-6H3,(H,29,31)(H,30,32). The summed E-state index contributed by atoms with van der Waals surface area (Å²) in [6.45, 7) is 11.2. The molecule has 0 radical (unpaired) electrons. The van der Waals surface area contributed by atoms with E-state index in [1.807, 2.05) is 114 Å². The molecule has 0 saturated carbocycles. The highest BCUT2D eigenvalue weighted by Gasteiger charge is 2.21. The van der Waals surface area contributed by atoms with Crippen LogP contribution in [0.15, 0.2) is 72.8 Å². The second kappa shape index (κ2) is 10.00. The van der Waals surface area contributed by atoms with Crippen LogP contribution in [-0.4, -0.2) is 11.8 Å². The summed E-state index contributed by atoms with van der Waals surface area (Å²) < 4.78 is 11.8. The molecular formula is C28H32N2O4. The molecule has 0 heterocycles. The average molecular weight is 461 g/mol. The minimum absolute atomic E-state index is 0.0407. The topological polar surface area (TPSA) is 76.7 Å². The van der Waals surface area contributed by atoms with Crippen molar-refractivity contribution in [2.24, 2.45) is 10.8 Å². The molecule has 34 heavy (non-hydrogen) atoms. The van der Waals surface area contributed by atoms with Gasteiger partial charge in [0.1, 0.15) is 23.0 Å². The maximum absolute atomic E-state index is 12.1. The van der Waals surface area contributed by atoms with Crippen molar-refractivity contribution in [1.82, 2.24) is 0 Å². The molecule has 3 rings (SSSR count). The quantitative estimate of drug-likeness (QED) is 0.406. The van der Waals surface area contributed by atoms with Gasteiger partial charge in [0.25, 0.3) is 0 Å². The zero-order valence-electron chi connectivity index (χ0n) is 20.6. The van der Waals surface area contributed by atoms with Gasteiger partial charge in [0, 0.05) is 22.2 Å². The van der Waals surface area contributed by atoms with E-state index in [0.717, 1.165) is 11.4 Å². The van der Waals surface area contributed by atoms with Crippen molar-refractivity contribution in [3.05, 3.63) is 72.8 Å². The summed E-state index contributed by atoms with van der Waals surface area (Å²) in [5.41, 5.74) is 0.534. The lowest BCUT2D eigenvalue weighted by Crippen LogP contribution is -2.27. The smallest absolute Gasteiger partial charge is 0.229 e. The first-order chi connectivity index (χ1) is 15.9. The Morgan fingerprint density at radius 2 is 0.735 bits per heavy atom. The molecule has 0 fully saturated rings. The summed E-state index contributed by atoms with van der Waals surface area (Å²) in [6.07, 6.45) is 0. The Balaban J connectivity index is 1.55. The molecule has 0 aliphatic heterocycles. The number of ether oxygens (including phenoxy) is 2. The van der Waals surface area contributed by atoms with Crippen LogP contribution in [0.4, 0.5) is 11.4 Å². The van der Waals surface area contributed by atoms with Crippen molar-refractivity contribution in [2.75, 3.05) is 10.6 Å². The Morgan fingerprint density at radius 3 is 0.971 bits per heavy atom. The normalized spacial score (nSPS) is 11.5. The number of hydrogen-bond donors (Lipinski definition) is 2. The third kappa shape index (κ3) is 7.10. The highest BCUT2D eigenvalue weighted by molar-refractivity contribution is 5.95. The van der Waals surface area contributed by atoms with E-state index in [-0.39, 0.29) is 11.8 Å². The van der Waals surface area contributed by atoms with Gasteiger partial charge in [-0.25, -0.2) is 0 Å². The minimum atomic E-state index is -0.455. The fraction of sp³-hybridized carbons (Fsp3) is 0.286. The van der Waals surface area contributed by atoms with Crippen molar-refractivity contribution in [3.63, 3.8) is 0 Å². The first-order valence-corrected chi connectivity index (χ1v) is 11.2. The van der Waals surface area contributed by atoms with Crippen LogP contribution in [0.1, 0.15) is 41.5 Å². The van der Waals surface area contributed by atoms with Crippen LogP contribution in [0.25, 0.3) is 0 Å². The van der Waals surface area contributed by atoms with Crippen molar-refractivity contribution in [2.45, 2.75) is 41.5 Å². The fourth-order valence-electron chi connectivity index (χ4n) is 2.70. The van der Waals surface area contributed by atoms with Gasteiger partial charge in [-0.3, -0.25) is 9.59 Å². The number of rotatable bonds is 6. The first kappa shape index (κ1) is 24.8. The molecule has 2 N–H and O–H groups in total. The van der Waals surface area contributed by atoms with E-state index >= 15 is 0 Å². The molecular weight excluding hydrogens is 428 g/mol. The average Bonchev–Trinajstić information content (AvgIpc) is 2.76. The first-order valence-electron chi connectivity index (χ1n) is 11.2. The second-order valence-electron chi connectivity index (χ2n) is 10.1. The maximum Gasteiger partial charge on any atom is 0.229 e. The van der Waals surface area contributed by atoms with Gasteiger partial charge in [0.05, 0.1) is 0 Å². The molecule has 6 heteroatoms. The number of nitrogens with one attached hydrogen (secondary N) is 2. The van der Waals surface area contributed by atoms with Crippen LogP contribution in [-0.2, 0) is 9.59 Å². The summed E-state index contributed by atoms with van der Waals surface area (Å²) >= 11 is 0. The lowest BCUT2D eigenvalue weighted by molar-refractivity contribution is -0.123. The summed E-state index contributed by atoms with van der Waals surface area (Å²) in [5, 5.41) is 5.78. The zero-order valence-corrected chi connectivity index (χ0v) is 20.6. The summed E-state index contributed by atoms with van der Waals surface area (Å²) in [6, 6.07) is 21.8. The lowest BCUT2D eigenvalue weighted by atomic mass is 9.95. The highest BCUT2D eigenvalue weighted by Crippen LogP contribution is 2.29. The van der Waals surface area contributed by atoms with Crippen molar-refractivity contribution < 1.29 is 19.1 Å². The third-order valence-electron chi connectivity index (χ3n) is 4.88. The van der Waals surface area contributed by atoms with E-state index in [2.05, 4.69) is 10.6 Å². The van der Waals surface area contributed by atoms with Crippen LogP contribution in [0.3, 0.4) is 0 Å². The molecule has 2 amide bonds. The monoisotopic (exact) mass is 460 g/mol. The van der Waals surface area contributed by atoms with Gasteiger partial charge >= 0.3 is 0 Å². The van der Waals surface area contributed by atoms with Crippen LogP contribution >= 0.6 is 0 Å². The molecule has 0 bridgehead atoms. The van der Waals surface area contributed by atoms with E-state index in [4.69, 9.17) is 9.47 Å². The molecule has 178 valence electrons. The molecule has 0 unspecified atom stereocenters. The van der Waals surface area contributed by atoms with Crippen molar-refractivity contribution >= 4 is 23.2 Å². The number of anilines is 2. The molecule has 0 spiro atoms. The molecule has 3 aromatic rings. The van der Waals surface area contributed by atoms with Crippen LogP contribution in [0.5, 0.6) is 23.0 Å². The largest absolute Gasteiger partial charge is 0.457 e. The van der Waals surface area contributed by atoms with E-state index < -0.39 is 10.8 Å². The van der Waals surface area contributed by atoms with Gasteiger partial charge in [-0.05, 0) is 72.8 Å². The SMILES string of the molecule is CC(C)(C)C(=O)Nc1ccc(Oc2ccc(Oc3ccc(NC(=O)C(C)(C)C)cc3)cc2)cc1. The van der Waals surface area contributed by atoms with E-state index in [1.54, 1.807) is 0 Å². The van der Waals surface area contributed by atoms with Crippen LogP contribution in [0, 0.1) is 10.8 Å². The number of hydrogen-bond acceptors (Lipinski definition) is 4. The van der Waals surface area contributed by atoms with Crippen LogP contribution in [0.2, 0.25) is 0 Å². The van der Waals surface area contributed by atoms with Gasteiger partial charge in [-0.2, -0.15) is 0 Å². The van der Waals surface area contributed by atoms with E-state index in [1.165, 1.54) is 0 Å². The van der Waals surface area contributed by atoms with Crippen molar-refractivity contribution in [1.29, 1.82) is 0 Å². The Morgan fingerprint density at radius 1 is 0.500 bits per heavy atom. The van der Waals surface area contributed by atoms with Gasteiger partial charge in [-0.1, -0.05) is 41.5 Å². The summed E-state index contributed by atoms with van der Waals surface area (Å²) in [5.74, 6) is 2.57. The maximum atomic E-state index is 12.1. The Hall–Kier alpha value is -3.80. The molecule has 0 aromatic heterocycles. The predicted molar refractivity (Wildman–Crippen MR) is 136 cm³/mol. The minimum Gasteiger partial charge on any atom is -0.457 e. The second-order valence-corrected chi connectivity index (χ2v) is 10.1. The fourth-order valence-corrected chi connectivity index (χ4v) is 2.70. The molecule has 0 aliphatic rings. The number of carbonyl (C=O) groups is 2. The molecule has 3 aromatic carbocycles. The molecule has 0 aliphatic carbocycles. The Bertz CT molecular complexity index is 1030. The van der Waals surface area contributed by atoms with Gasteiger partial charge < -0.3 is 20.1 Å². The highest BCUT2D eigenvalue weighted by atomic mass is 16.5. The zero-order chi connectivity index (χ0) is 24.9. The van der Waals surface area contributed by atoms with Crippen molar-refractivity contribution in [3.8, 4) is 23.0 Å². The van der Waals surface area contributed by atoms with Crippen LogP contribution < -0.4 is 20.1 Å². The van der Waals surface area contributed by atoms with E-state index in [0.29, 0.717) is 23.0 Å². The summed E-state index contributed by atoms with van der Waals surface area (Å²) in [7, 11) is 0. The lowest BCUT2D eigenvalue weighted by Gasteiger charge is -2.18. The van der Waals surface area contributed by atoms with E-state index in [9.17, 15) is 9.59 Å². The Labute approximate surface area is 201 Å². The number of carbonyl (C=O) groups excluding carboxylic acids is 2. The number of benzene rings is 3. The number of amides is 2. The molecule has 0 saturated heterocycles. The molecule has 6 nitrogen and oxygen atoms in total. The van der Waals surface area contributed by atoms with Gasteiger partial charge in [0.2, 0.25) is 11.8 Å². The van der Waals surface area contributed by atoms with Gasteiger partial charge in [0.15, 0.2) is 0 Å². The molecule has 0 atom stereocenters. The Kier molecular flexibility index (Phi) is 7.30. The van der Waals surface area contributed by atoms with Gasteiger partial charge in [-0.15, -0.1) is 0 Å². The third-order valence-corrected chi connectivity index (χ3v) is 4.88. The predicted octanol–water partition coefficient (Wildman–Crippen LogP) is 7.24.